The van der Waals surface area contributed by atoms with Crippen LogP contribution in [-0.4, -0.2) is 20.8 Å². The summed E-state index contributed by atoms with van der Waals surface area (Å²) in [6.07, 6.45) is 4.33. The number of hydrogen-bond donors (Lipinski definition) is 0. The van der Waals surface area contributed by atoms with Crippen LogP contribution in [-0.2, 0) is 9.05 Å². The lowest BCUT2D eigenvalue weighted by atomic mass is 9.76. The van der Waals surface area contributed by atoms with Gasteiger partial charge in [0.05, 0.1) is 17.4 Å². The van der Waals surface area contributed by atoms with Crippen molar-refractivity contribution in [2.24, 2.45) is 5.41 Å². The van der Waals surface area contributed by atoms with E-state index in [-0.39, 0.29) is 23.1 Å². The van der Waals surface area contributed by atoms with Gasteiger partial charge in [-0.15, -0.1) is 0 Å². The zero-order chi connectivity index (χ0) is 15.5. The van der Waals surface area contributed by atoms with Gasteiger partial charge >= 0.3 is 0 Å². The second-order valence-corrected chi connectivity index (χ2v) is 8.77. The van der Waals surface area contributed by atoms with Crippen molar-refractivity contribution in [1.29, 1.82) is 0 Å². The number of hydrogen-bond acceptors (Lipinski definition) is 3. The molecule has 0 unspecified atom stereocenters. The molecular weight excluding hydrogens is 338 g/mol. The maximum Gasteiger partial charge on any atom is 0.233 e. The van der Waals surface area contributed by atoms with Gasteiger partial charge in [-0.1, -0.05) is 36.9 Å². The molecule has 0 N–H and O–H groups in total. The molecule has 1 fully saturated rings. The SMILES string of the molecule is O=S(=O)(Cl)CC1(COc2cccc(Cl)c2F)CCCCC1. The summed E-state index contributed by atoms with van der Waals surface area (Å²) in [6.45, 7) is 0.121. The fourth-order valence-electron chi connectivity index (χ4n) is 2.82. The molecule has 21 heavy (non-hydrogen) atoms. The van der Waals surface area contributed by atoms with Crippen LogP contribution in [0.5, 0.6) is 5.75 Å². The molecule has 0 spiro atoms. The Hall–Kier alpha value is -0.520. The zero-order valence-electron chi connectivity index (χ0n) is 11.4. The second kappa shape index (κ2) is 6.71. The molecule has 0 radical (unpaired) electrons. The first kappa shape index (κ1) is 16.8. The van der Waals surface area contributed by atoms with E-state index < -0.39 is 20.3 Å². The Kier molecular flexibility index (Phi) is 5.38. The Balaban J connectivity index is 2.14. The molecule has 0 saturated heterocycles. The van der Waals surface area contributed by atoms with E-state index in [1.54, 1.807) is 6.07 Å². The number of ether oxygens (including phenoxy) is 1. The van der Waals surface area contributed by atoms with Crippen molar-refractivity contribution >= 4 is 31.3 Å². The third kappa shape index (κ3) is 4.73. The number of rotatable bonds is 5. The Morgan fingerprint density at radius 3 is 2.52 bits per heavy atom. The molecule has 0 heterocycles. The molecule has 2 rings (SSSR count). The highest BCUT2D eigenvalue weighted by molar-refractivity contribution is 8.13. The Morgan fingerprint density at radius 1 is 1.24 bits per heavy atom. The molecule has 0 aromatic heterocycles. The van der Waals surface area contributed by atoms with E-state index in [1.807, 2.05) is 0 Å². The lowest BCUT2D eigenvalue weighted by Gasteiger charge is -2.35. The Labute approximate surface area is 133 Å². The predicted molar refractivity (Wildman–Crippen MR) is 82.1 cm³/mol. The molecule has 0 amide bonds. The Morgan fingerprint density at radius 2 is 1.90 bits per heavy atom. The van der Waals surface area contributed by atoms with Crippen molar-refractivity contribution in [2.75, 3.05) is 12.4 Å². The monoisotopic (exact) mass is 354 g/mol. The molecule has 1 aliphatic carbocycles. The molecule has 7 heteroatoms. The highest BCUT2D eigenvalue weighted by atomic mass is 35.7. The zero-order valence-corrected chi connectivity index (χ0v) is 13.8. The van der Waals surface area contributed by atoms with E-state index in [9.17, 15) is 12.8 Å². The maximum atomic E-state index is 13.8. The molecular formula is C14H17Cl2FO3S. The summed E-state index contributed by atoms with van der Waals surface area (Å²) in [5, 5.41) is -0.0184. The van der Waals surface area contributed by atoms with Gasteiger partial charge in [-0.05, 0) is 25.0 Å². The van der Waals surface area contributed by atoms with E-state index in [0.717, 1.165) is 19.3 Å². The second-order valence-electron chi connectivity index (χ2n) is 5.58. The summed E-state index contributed by atoms with van der Waals surface area (Å²) in [5.74, 6) is -0.734. The predicted octanol–water partition coefficient (Wildman–Crippen LogP) is 4.38. The van der Waals surface area contributed by atoms with Crippen molar-refractivity contribution in [3.63, 3.8) is 0 Å². The van der Waals surface area contributed by atoms with E-state index in [0.29, 0.717) is 12.8 Å². The molecule has 0 aliphatic heterocycles. The van der Waals surface area contributed by atoms with Crippen molar-refractivity contribution in [1.82, 2.24) is 0 Å². The van der Waals surface area contributed by atoms with Gasteiger partial charge in [-0.2, -0.15) is 0 Å². The average molecular weight is 355 g/mol. The summed E-state index contributed by atoms with van der Waals surface area (Å²) in [4.78, 5) is 0. The fraction of sp³-hybridized carbons (Fsp3) is 0.571. The van der Waals surface area contributed by atoms with Crippen LogP contribution in [0, 0.1) is 11.2 Å². The summed E-state index contributed by atoms with van der Waals surface area (Å²) < 4.78 is 42.2. The van der Waals surface area contributed by atoms with E-state index >= 15 is 0 Å². The Bertz CT molecular complexity index is 598. The summed E-state index contributed by atoms with van der Waals surface area (Å²) in [6, 6.07) is 4.50. The number of benzene rings is 1. The molecule has 0 atom stereocenters. The normalized spacial score (nSPS) is 18.4. The minimum absolute atomic E-state index is 0.0184. The topological polar surface area (TPSA) is 43.4 Å². The molecule has 1 aliphatic rings. The van der Waals surface area contributed by atoms with Gasteiger partial charge in [0.15, 0.2) is 11.6 Å². The van der Waals surface area contributed by atoms with Gasteiger partial charge < -0.3 is 4.74 Å². The van der Waals surface area contributed by atoms with Gasteiger partial charge in [-0.3, -0.25) is 0 Å². The largest absolute Gasteiger partial charge is 0.490 e. The van der Waals surface area contributed by atoms with Crippen LogP contribution in [0.25, 0.3) is 0 Å². The van der Waals surface area contributed by atoms with E-state index in [2.05, 4.69) is 0 Å². The number of halogens is 3. The fourth-order valence-corrected chi connectivity index (χ4v) is 4.79. The van der Waals surface area contributed by atoms with Crippen LogP contribution in [0.2, 0.25) is 5.02 Å². The van der Waals surface area contributed by atoms with Crippen molar-refractivity contribution in [3.8, 4) is 5.75 Å². The first-order valence-corrected chi connectivity index (χ1v) is 9.66. The van der Waals surface area contributed by atoms with Gasteiger partial charge in [0, 0.05) is 16.1 Å². The van der Waals surface area contributed by atoms with Crippen LogP contribution in [0.4, 0.5) is 4.39 Å². The lowest BCUT2D eigenvalue weighted by molar-refractivity contribution is 0.116. The van der Waals surface area contributed by atoms with Crippen molar-refractivity contribution in [3.05, 3.63) is 29.0 Å². The van der Waals surface area contributed by atoms with Crippen LogP contribution in [0.1, 0.15) is 32.1 Å². The standard InChI is InChI=1S/C14H17Cl2FO3S/c15-11-5-4-6-12(13(11)17)20-9-14(10-21(16,18)19)7-2-1-3-8-14/h4-6H,1-3,7-10H2. The van der Waals surface area contributed by atoms with Crippen LogP contribution >= 0.6 is 22.3 Å². The molecule has 1 saturated carbocycles. The highest BCUT2D eigenvalue weighted by Crippen LogP contribution is 2.39. The smallest absolute Gasteiger partial charge is 0.233 e. The summed E-state index contributed by atoms with van der Waals surface area (Å²) in [7, 11) is 1.78. The first-order valence-electron chi connectivity index (χ1n) is 6.81. The molecule has 0 bridgehead atoms. The first-order chi connectivity index (χ1) is 9.81. The van der Waals surface area contributed by atoms with Crippen LogP contribution < -0.4 is 4.74 Å². The third-order valence-corrected chi connectivity index (χ3v) is 5.42. The van der Waals surface area contributed by atoms with Crippen LogP contribution in [0.15, 0.2) is 18.2 Å². The van der Waals surface area contributed by atoms with Gasteiger partial charge in [-0.25, -0.2) is 12.8 Å². The van der Waals surface area contributed by atoms with Gasteiger partial charge in [0.25, 0.3) is 0 Å². The molecule has 1 aromatic carbocycles. The highest BCUT2D eigenvalue weighted by Gasteiger charge is 2.37. The van der Waals surface area contributed by atoms with Gasteiger partial charge in [0.1, 0.15) is 0 Å². The quantitative estimate of drug-likeness (QED) is 0.737. The molecule has 118 valence electrons. The minimum Gasteiger partial charge on any atom is -0.490 e. The maximum absolute atomic E-state index is 13.8. The summed E-state index contributed by atoms with van der Waals surface area (Å²) in [5.41, 5.74) is -0.548. The van der Waals surface area contributed by atoms with E-state index in [1.165, 1.54) is 12.1 Å². The van der Waals surface area contributed by atoms with Gasteiger partial charge in [0.2, 0.25) is 9.05 Å². The molecule has 3 nitrogen and oxygen atoms in total. The lowest BCUT2D eigenvalue weighted by Crippen LogP contribution is -2.37. The summed E-state index contributed by atoms with van der Waals surface area (Å²) >= 11 is 5.70. The molecule has 1 aromatic rings. The van der Waals surface area contributed by atoms with E-state index in [4.69, 9.17) is 27.0 Å². The van der Waals surface area contributed by atoms with Crippen LogP contribution in [0.3, 0.4) is 0 Å². The van der Waals surface area contributed by atoms with Crippen molar-refractivity contribution < 1.29 is 17.5 Å². The average Bonchev–Trinajstić information content (AvgIpc) is 2.40. The third-order valence-electron chi connectivity index (χ3n) is 3.84. The minimum atomic E-state index is -3.63. The van der Waals surface area contributed by atoms with Crippen molar-refractivity contribution in [2.45, 2.75) is 32.1 Å².